The van der Waals surface area contributed by atoms with Crippen molar-refractivity contribution in [3.63, 3.8) is 0 Å². The van der Waals surface area contributed by atoms with Gasteiger partial charge in [0.1, 0.15) is 5.75 Å². The van der Waals surface area contributed by atoms with Crippen LogP contribution in [0, 0.1) is 0 Å². The number of ether oxygens (including phenoxy) is 1. The maximum atomic E-state index is 12.3. The van der Waals surface area contributed by atoms with Crippen LogP contribution in [0.4, 0.5) is 0 Å². The fourth-order valence-corrected chi connectivity index (χ4v) is 3.99. The number of amides is 1. The lowest BCUT2D eigenvalue weighted by Gasteiger charge is -2.34. The van der Waals surface area contributed by atoms with Gasteiger partial charge in [0.15, 0.2) is 0 Å². The lowest BCUT2D eigenvalue weighted by Crippen LogP contribution is -2.49. The van der Waals surface area contributed by atoms with E-state index in [0.717, 1.165) is 56.2 Å². The molecule has 134 valence electrons. The number of thiophene rings is 1. The van der Waals surface area contributed by atoms with Crippen LogP contribution < -0.4 is 4.74 Å². The Bertz CT molecular complexity index is 664. The first-order valence-electron chi connectivity index (χ1n) is 8.90. The van der Waals surface area contributed by atoms with E-state index >= 15 is 0 Å². The molecular weight excluding hydrogens is 332 g/mol. The van der Waals surface area contributed by atoms with Crippen LogP contribution in [0.3, 0.4) is 0 Å². The van der Waals surface area contributed by atoms with Crippen molar-refractivity contribution in [1.29, 1.82) is 0 Å². The summed E-state index contributed by atoms with van der Waals surface area (Å²) in [5.74, 6) is 1.24. The van der Waals surface area contributed by atoms with Gasteiger partial charge in [-0.05, 0) is 42.5 Å². The van der Waals surface area contributed by atoms with Gasteiger partial charge in [-0.1, -0.05) is 24.3 Å². The molecule has 0 N–H and O–H groups in total. The summed E-state index contributed by atoms with van der Waals surface area (Å²) in [6.07, 6.45) is 2.69. The highest BCUT2D eigenvalue weighted by molar-refractivity contribution is 7.10. The van der Waals surface area contributed by atoms with Gasteiger partial charge in [-0.2, -0.15) is 0 Å². The summed E-state index contributed by atoms with van der Waals surface area (Å²) in [6, 6.07) is 12.3. The zero-order chi connectivity index (χ0) is 17.5. The summed E-state index contributed by atoms with van der Waals surface area (Å²) < 4.78 is 5.41. The number of hydrogen-bond donors (Lipinski definition) is 0. The highest BCUT2D eigenvalue weighted by Gasteiger charge is 2.21. The molecule has 2 aromatic rings. The van der Waals surface area contributed by atoms with E-state index in [9.17, 15) is 4.79 Å². The van der Waals surface area contributed by atoms with Gasteiger partial charge in [0, 0.05) is 31.1 Å². The predicted octanol–water partition coefficient (Wildman–Crippen LogP) is 3.08. The Balaban J connectivity index is 1.38. The number of nitrogens with zero attached hydrogens (tertiary/aromatic N) is 2. The summed E-state index contributed by atoms with van der Waals surface area (Å²) in [5, 5.41) is 2.03. The Morgan fingerprint density at radius 3 is 2.64 bits per heavy atom. The van der Waals surface area contributed by atoms with E-state index in [1.54, 1.807) is 18.4 Å². The molecule has 0 spiro atoms. The molecule has 1 aliphatic rings. The van der Waals surface area contributed by atoms with Crippen molar-refractivity contribution in [2.45, 2.75) is 19.3 Å². The first kappa shape index (κ1) is 18.0. The Labute approximate surface area is 154 Å². The molecule has 2 heterocycles. The summed E-state index contributed by atoms with van der Waals surface area (Å²) in [7, 11) is 1.73. The van der Waals surface area contributed by atoms with Crippen LogP contribution in [0.25, 0.3) is 0 Å². The molecule has 0 bridgehead atoms. The zero-order valence-electron chi connectivity index (χ0n) is 14.8. The van der Waals surface area contributed by atoms with Crippen LogP contribution in [0.2, 0.25) is 0 Å². The summed E-state index contributed by atoms with van der Waals surface area (Å²) in [4.78, 5) is 18.0. The van der Waals surface area contributed by atoms with Gasteiger partial charge < -0.3 is 9.64 Å². The molecule has 0 aliphatic carbocycles. The average molecular weight is 359 g/mol. The lowest BCUT2D eigenvalue weighted by molar-refractivity contribution is -0.132. The molecule has 0 radical (unpaired) electrons. The Hall–Kier alpha value is -1.85. The molecule has 1 aromatic carbocycles. The van der Waals surface area contributed by atoms with E-state index in [2.05, 4.69) is 17.0 Å². The first-order chi connectivity index (χ1) is 12.3. The molecule has 1 aromatic heterocycles. The van der Waals surface area contributed by atoms with Gasteiger partial charge >= 0.3 is 0 Å². The fraction of sp³-hybridized carbons (Fsp3) is 0.450. The number of aryl methyl sites for hydroxylation is 1. The van der Waals surface area contributed by atoms with Crippen molar-refractivity contribution in [2.75, 3.05) is 39.8 Å². The number of para-hydroxylation sites is 1. The molecule has 0 unspecified atom stereocenters. The summed E-state index contributed by atoms with van der Waals surface area (Å²) in [5.41, 5.74) is 1.27. The standard InChI is InChI=1S/C20H26N2O2S/c1-24-19-9-3-2-6-17(19)7-4-10-21-11-13-22(14-12-21)20(23)16-18-8-5-15-25-18/h2-3,5-6,8-9,15H,4,7,10-14,16H2,1H3. The highest BCUT2D eigenvalue weighted by Crippen LogP contribution is 2.19. The second kappa shape index (κ2) is 9.02. The van der Waals surface area contributed by atoms with E-state index in [4.69, 9.17) is 4.74 Å². The molecule has 0 saturated carbocycles. The molecule has 25 heavy (non-hydrogen) atoms. The van der Waals surface area contributed by atoms with Crippen LogP contribution >= 0.6 is 11.3 Å². The van der Waals surface area contributed by atoms with Gasteiger partial charge in [0.2, 0.25) is 5.91 Å². The van der Waals surface area contributed by atoms with Crippen molar-refractivity contribution >= 4 is 17.2 Å². The second-order valence-corrected chi connectivity index (χ2v) is 7.43. The normalized spacial score (nSPS) is 15.3. The Morgan fingerprint density at radius 2 is 1.92 bits per heavy atom. The van der Waals surface area contributed by atoms with E-state index in [1.165, 1.54) is 5.56 Å². The molecule has 3 rings (SSSR count). The van der Waals surface area contributed by atoms with Crippen molar-refractivity contribution in [1.82, 2.24) is 9.80 Å². The zero-order valence-corrected chi connectivity index (χ0v) is 15.6. The SMILES string of the molecule is COc1ccccc1CCCN1CCN(C(=O)Cc2cccs2)CC1. The third-order valence-electron chi connectivity index (χ3n) is 4.74. The van der Waals surface area contributed by atoms with Crippen molar-refractivity contribution in [2.24, 2.45) is 0 Å². The topological polar surface area (TPSA) is 32.8 Å². The van der Waals surface area contributed by atoms with E-state index in [1.807, 2.05) is 34.5 Å². The fourth-order valence-electron chi connectivity index (χ4n) is 3.30. The first-order valence-corrected chi connectivity index (χ1v) is 9.78. The van der Waals surface area contributed by atoms with E-state index in [-0.39, 0.29) is 5.91 Å². The number of carbonyl (C=O) groups excluding carboxylic acids is 1. The third-order valence-corrected chi connectivity index (χ3v) is 5.62. The molecule has 0 atom stereocenters. The molecule has 5 heteroatoms. The van der Waals surface area contributed by atoms with Gasteiger partial charge in [-0.25, -0.2) is 0 Å². The van der Waals surface area contributed by atoms with Crippen LogP contribution in [0.15, 0.2) is 41.8 Å². The Kier molecular flexibility index (Phi) is 6.48. The van der Waals surface area contributed by atoms with Crippen LogP contribution in [-0.4, -0.2) is 55.5 Å². The number of benzene rings is 1. The maximum absolute atomic E-state index is 12.3. The number of hydrogen-bond acceptors (Lipinski definition) is 4. The van der Waals surface area contributed by atoms with Gasteiger partial charge in [-0.3, -0.25) is 9.69 Å². The minimum Gasteiger partial charge on any atom is -0.496 e. The van der Waals surface area contributed by atoms with Gasteiger partial charge in [0.25, 0.3) is 0 Å². The van der Waals surface area contributed by atoms with Crippen LogP contribution in [-0.2, 0) is 17.6 Å². The lowest BCUT2D eigenvalue weighted by atomic mass is 10.1. The van der Waals surface area contributed by atoms with Gasteiger partial charge in [0.05, 0.1) is 13.5 Å². The van der Waals surface area contributed by atoms with Crippen LogP contribution in [0.5, 0.6) is 5.75 Å². The van der Waals surface area contributed by atoms with Crippen molar-refractivity contribution in [3.8, 4) is 5.75 Å². The number of carbonyl (C=O) groups is 1. The largest absolute Gasteiger partial charge is 0.496 e. The smallest absolute Gasteiger partial charge is 0.227 e. The maximum Gasteiger partial charge on any atom is 0.227 e. The van der Waals surface area contributed by atoms with E-state index in [0.29, 0.717) is 6.42 Å². The number of rotatable bonds is 7. The van der Waals surface area contributed by atoms with Gasteiger partial charge in [-0.15, -0.1) is 11.3 Å². The predicted molar refractivity (Wildman–Crippen MR) is 102 cm³/mol. The minimum atomic E-state index is 0.260. The molecule has 1 saturated heterocycles. The molecule has 1 amide bonds. The third kappa shape index (κ3) is 5.06. The second-order valence-electron chi connectivity index (χ2n) is 6.39. The van der Waals surface area contributed by atoms with Crippen molar-refractivity contribution in [3.05, 3.63) is 52.2 Å². The van der Waals surface area contributed by atoms with E-state index < -0.39 is 0 Å². The average Bonchev–Trinajstić information content (AvgIpc) is 3.15. The molecule has 4 nitrogen and oxygen atoms in total. The Morgan fingerprint density at radius 1 is 1.12 bits per heavy atom. The monoisotopic (exact) mass is 358 g/mol. The number of piperazine rings is 1. The molecule has 1 fully saturated rings. The molecule has 1 aliphatic heterocycles. The number of methoxy groups -OCH3 is 1. The quantitative estimate of drug-likeness (QED) is 0.763. The summed E-state index contributed by atoms with van der Waals surface area (Å²) in [6.45, 7) is 4.72. The highest BCUT2D eigenvalue weighted by atomic mass is 32.1. The minimum absolute atomic E-state index is 0.260. The summed E-state index contributed by atoms with van der Waals surface area (Å²) >= 11 is 1.66. The van der Waals surface area contributed by atoms with Crippen molar-refractivity contribution < 1.29 is 9.53 Å². The molecular formula is C20H26N2O2S. The van der Waals surface area contributed by atoms with Crippen LogP contribution in [0.1, 0.15) is 16.9 Å².